The van der Waals surface area contributed by atoms with Gasteiger partial charge in [-0.15, -0.1) is 0 Å². The third-order valence-electron chi connectivity index (χ3n) is 7.84. The maximum absolute atomic E-state index is 13.2. The Labute approximate surface area is 196 Å². The molecular weight excluding hydrogens is 422 g/mol. The Morgan fingerprint density at radius 1 is 1.27 bits per heavy atom. The van der Waals surface area contributed by atoms with Crippen LogP contribution in [0.3, 0.4) is 0 Å². The summed E-state index contributed by atoms with van der Waals surface area (Å²) in [5.41, 5.74) is -1.12. The summed E-state index contributed by atoms with van der Waals surface area (Å²) in [5.74, 6) is -1.56. The van der Waals surface area contributed by atoms with Crippen LogP contribution in [0.2, 0.25) is 0 Å². The van der Waals surface area contributed by atoms with Crippen molar-refractivity contribution in [2.45, 2.75) is 65.5 Å². The first-order valence-corrected chi connectivity index (χ1v) is 11.8. The minimum Gasteiger partial charge on any atom is -0.511 e. The van der Waals surface area contributed by atoms with Crippen molar-refractivity contribution in [3.05, 3.63) is 35.1 Å². The number of rotatable bonds is 5. The third-order valence-corrected chi connectivity index (χ3v) is 7.84. The number of hydrogen-bond donors (Lipinski definition) is 3. The summed E-state index contributed by atoms with van der Waals surface area (Å²) in [6.07, 6.45) is 8.07. The SMILES string of the molecule is C/C=C(\C)[C@@H]1C=C[C@@H]2C[C@H](C)C[C@H](C)[C@H]2[C@@H]1/C(O)=C1/C(=O)N[C@H](C[C@@](C)(O)C(=O)OC)C1=O. The Bertz CT molecular complexity index is 914. The molecule has 3 N–H and O–H groups in total. The summed E-state index contributed by atoms with van der Waals surface area (Å²) in [4.78, 5) is 38.0. The monoisotopic (exact) mass is 459 g/mol. The number of ether oxygens (including phenoxy) is 1. The lowest BCUT2D eigenvalue weighted by Gasteiger charge is -2.47. The Morgan fingerprint density at radius 3 is 2.55 bits per heavy atom. The number of nitrogens with one attached hydrogen (secondary N) is 1. The zero-order chi connectivity index (χ0) is 24.7. The Kier molecular flexibility index (Phi) is 7.22. The van der Waals surface area contributed by atoms with Crippen LogP contribution in [0.15, 0.2) is 35.1 Å². The number of aliphatic hydroxyl groups is 2. The van der Waals surface area contributed by atoms with E-state index in [1.54, 1.807) is 0 Å². The Balaban J connectivity index is 2.02. The van der Waals surface area contributed by atoms with E-state index in [1.807, 2.05) is 19.9 Å². The van der Waals surface area contributed by atoms with Crippen LogP contribution in [0.5, 0.6) is 0 Å². The molecule has 3 rings (SSSR count). The average Bonchev–Trinajstić information content (AvgIpc) is 3.03. The molecule has 0 bridgehead atoms. The van der Waals surface area contributed by atoms with Gasteiger partial charge < -0.3 is 20.3 Å². The normalized spacial score (nSPS) is 37.8. The molecular formula is C26H37NO6. The lowest BCUT2D eigenvalue weighted by Crippen LogP contribution is -2.44. The van der Waals surface area contributed by atoms with E-state index in [-0.39, 0.29) is 41.4 Å². The highest BCUT2D eigenvalue weighted by molar-refractivity contribution is 6.27. The fraction of sp³-hybridized carbons (Fsp3) is 0.654. The number of carbonyl (C=O) groups is 3. The van der Waals surface area contributed by atoms with E-state index >= 15 is 0 Å². The molecule has 0 radical (unpaired) electrons. The molecule has 1 saturated carbocycles. The van der Waals surface area contributed by atoms with Crippen molar-refractivity contribution in [3.8, 4) is 0 Å². The zero-order valence-corrected chi connectivity index (χ0v) is 20.4. The molecule has 3 aliphatic rings. The second-order valence-corrected chi connectivity index (χ2v) is 10.4. The van der Waals surface area contributed by atoms with Crippen molar-refractivity contribution < 1.29 is 29.3 Å². The van der Waals surface area contributed by atoms with Crippen LogP contribution in [0.1, 0.15) is 53.9 Å². The van der Waals surface area contributed by atoms with Gasteiger partial charge >= 0.3 is 5.97 Å². The molecule has 1 amide bonds. The van der Waals surface area contributed by atoms with E-state index in [1.165, 1.54) is 6.92 Å². The highest BCUT2D eigenvalue weighted by Gasteiger charge is 2.50. The van der Waals surface area contributed by atoms with Crippen molar-refractivity contribution in [3.63, 3.8) is 0 Å². The highest BCUT2D eigenvalue weighted by atomic mass is 16.5. The molecule has 0 unspecified atom stereocenters. The van der Waals surface area contributed by atoms with Crippen LogP contribution in [-0.2, 0) is 19.1 Å². The van der Waals surface area contributed by atoms with Gasteiger partial charge in [0, 0.05) is 18.3 Å². The van der Waals surface area contributed by atoms with Crippen LogP contribution in [0.4, 0.5) is 0 Å². The van der Waals surface area contributed by atoms with Crippen molar-refractivity contribution in [2.75, 3.05) is 7.11 Å². The molecule has 182 valence electrons. The lowest BCUT2D eigenvalue weighted by molar-refractivity contribution is -0.161. The standard InChI is InChI=1S/C26H37NO6/c1-7-14(3)17-9-8-16-11-13(2)10-15(4)19(16)20(17)23(29)21-22(28)18(27-24(21)30)12-26(5,32)25(31)33-6/h7-9,13,15-20,29,32H,10-12H2,1-6H3,(H,27,30)/b14-7+,23-21-/t13-,15+,16-,17+,18-,19-,20-,26-/m1/s1. The van der Waals surface area contributed by atoms with E-state index in [0.717, 1.165) is 25.5 Å². The molecule has 0 aromatic heterocycles. The Hall–Kier alpha value is -2.41. The van der Waals surface area contributed by atoms with Crippen molar-refractivity contribution in [2.24, 2.45) is 35.5 Å². The van der Waals surface area contributed by atoms with Gasteiger partial charge in [-0.3, -0.25) is 9.59 Å². The number of fused-ring (bicyclic) bond motifs is 1. The maximum atomic E-state index is 13.2. The van der Waals surface area contributed by atoms with Gasteiger partial charge in [0.2, 0.25) is 0 Å². The van der Waals surface area contributed by atoms with E-state index in [4.69, 9.17) is 0 Å². The Morgan fingerprint density at radius 2 is 1.94 bits per heavy atom. The molecule has 2 fully saturated rings. The van der Waals surface area contributed by atoms with Gasteiger partial charge in [0.15, 0.2) is 11.4 Å². The zero-order valence-electron chi connectivity index (χ0n) is 20.4. The van der Waals surface area contributed by atoms with Gasteiger partial charge in [-0.2, -0.15) is 0 Å². The maximum Gasteiger partial charge on any atom is 0.337 e. The average molecular weight is 460 g/mol. The van der Waals surface area contributed by atoms with E-state index in [2.05, 4.69) is 36.1 Å². The lowest BCUT2D eigenvalue weighted by atomic mass is 9.57. The van der Waals surface area contributed by atoms with Crippen molar-refractivity contribution >= 4 is 17.7 Å². The second-order valence-electron chi connectivity index (χ2n) is 10.4. The number of esters is 1. The van der Waals surface area contributed by atoms with Crippen molar-refractivity contribution in [1.82, 2.24) is 5.32 Å². The number of Topliss-reactive ketones (excluding diaryl/α,β-unsaturated/α-hetero) is 1. The van der Waals surface area contributed by atoms with Crippen LogP contribution in [0, 0.1) is 35.5 Å². The number of amides is 1. The smallest absolute Gasteiger partial charge is 0.337 e. The quantitative estimate of drug-likeness (QED) is 0.191. The first-order valence-electron chi connectivity index (χ1n) is 11.8. The number of hydrogen-bond acceptors (Lipinski definition) is 6. The minimum atomic E-state index is -1.94. The molecule has 2 aliphatic carbocycles. The molecule has 7 nitrogen and oxygen atoms in total. The van der Waals surface area contributed by atoms with E-state index in [0.29, 0.717) is 11.8 Å². The predicted molar refractivity (Wildman–Crippen MR) is 124 cm³/mol. The molecule has 7 heteroatoms. The van der Waals surface area contributed by atoms with Gasteiger partial charge in [-0.25, -0.2) is 4.79 Å². The minimum absolute atomic E-state index is 0.108. The van der Waals surface area contributed by atoms with Gasteiger partial charge in [0.05, 0.1) is 13.2 Å². The largest absolute Gasteiger partial charge is 0.511 e. The van der Waals surface area contributed by atoms with Crippen LogP contribution in [0.25, 0.3) is 0 Å². The molecule has 1 heterocycles. The highest BCUT2D eigenvalue weighted by Crippen LogP contribution is 2.51. The molecule has 1 saturated heterocycles. The number of carbonyl (C=O) groups excluding carboxylic acids is 3. The summed E-state index contributed by atoms with van der Waals surface area (Å²) in [7, 11) is 1.14. The number of ketones is 1. The molecule has 0 spiro atoms. The molecule has 8 atom stereocenters. The van der Waals surface area contributed by atoms with E-state index < -0.39 is 29.3 Å². The number of methoxy groups -OCH3 is 1. The molecule has 0 aromatic rings. The van der Waals surface area contributed by atoms with E-state index in [9.17, 15) is 24.6 Å². The van der Waals surface area contributed by atoms with Gasteiger partial charge in [-0.1, -0.05) is 37.6 Å². The summed E-state index contributed by atoms with van der Waals surface area (Å²) in [6, 6.07) is -1.11. The van der Waals surface area contributed by atoms with Crippen LogP contribution >= 0.6 is 0 Å². The topological polar surface area (TPSA) is 113 Å². The van der Waals surface area contributed by atoms with Gasteiger partial charge in [0.25, 0.3) is 5.91 Å². The predicted octanol–water partition coefficient (Wildman–Crippen LogP) is 3.25. The fourth-order valence-electron chi connectivity index (χ4n) is 6.20. The summed E-state index contributed by atoms with van der Waals surface area (Å²) >= 11 is 0. The summed E-state index contributed by atoms with van der Waals surface area (Å²) < 4.78 is 4.60. The van der Waals surface area contributed by atoms with Gasteiger partial charge in [0.1, 0.15) is 11.3 Å². The van der Waals surface area contributed by atoms with Crippen LogP contribution in [-0.4, -0.2) is 46.6 Å². The van der Waals surface area contributed by atoms with Gasteiger partial charge in [-0.05, 0) is 57.3 Å². The number of aliphatic hydroxyl groups excluding tert-OH is 1. The second kappa shape index (κ2) is 9.45. The summed E-state index contributed by atoms with van der Waals surface area (Å²) in [5, 5.41) is 24.5. The molecule has 33 heavy (non-hydrogen) atoms. The molecule has 0 aromatic carbocycles. The first-order chi connectivity index (χ1) is 15.4. The first kappa shape index (κ1) is 25.2. The third kappa shape index (κ3) is 4.65. The van der Waals surface area contributed by atoms with Crippen molar-refractivity contribution in [1.29, 1.82) is 0 Å². The summed E-state index contributed by atoms with van der Waals surface area (Å²) in [6.45, 7) is 9.62. The number of allylic oxidation sites excluding steroid dienone is 5. The van der Waals surface area contributed by atoms with Crippen LogP contribution < -0.4 is 5.32 Å². The fourth-order valence-corrected chi connectivity index (χ4v) is 6.20. The molecule has 1 aliphatic heterocycles.